The summed E-state index contributed by atoms with van der Waals surface area (Å²) >= 11 is 17.2. The van der Waals surface area contributed by atoms with Crippen LogP contribution < -0.4 is 10.6 Å². The van der Waals surface area contributed by atoms with Gasteiger partial charge in [-0.3, -0.25) is 4.68 Å². The molecule has 0 unspecified atom stereocenters. The number of rotatable bonds is 4. The van der Waals surface area contributed by atoms with Gasteiger partial charge in [-0.1, -0.05) is 23.2 Å². The van der Waals surface area contributed by atoms with Crippen LogP contribution in [0.2, 0.25) is 10.0 Å². The third-order valence-corrected chi connectivity index (χ3v) is 3.92. The van der Waals surface area contributed by atoms with Gasteiger partial charge < -0.3 is 10.6 Å². The third kappa shape index (κ3) is 4.09. The van der Waals surface area contributed by atoms with Crippen LogP contribution in [0.1, 0.15) is 18.2 Å². The number of aromatic nitrogens is 2. The summed E-state index contributed by atoms with van der Waals surface area (Å²) in [5.41, 5.74) is 2.97. The number of hydrogen-bond donors (Lipinski definition) is 2. The van der Waals surface area contributed by atoms with E-state index in [1.54, 1.807) is 18.2 Å². The van der Waals surface area contributed by atoms with Crippen molar-refractivity contribution in [1.82, 2.24) is 15.1 Å². The highest BCUT2D eigenvalue weighted by atomic mass is 35.5. The summed E-state index contributed by atoms with van der Waals surface area (Å²) in [5, 5.41) is 12.1. The Kier molecular flexibility index (Phi) is 5.45. The predicted molar refractivity (Wildman–Crippen MR) is 92.2 cm³/mol. The summed E-state index contributed by atoms with van der Waals surface area (Å²) < 4.78 is 1.95. The first-order valence-corrected chi connectivity index (χ1v) is 7.69. The van der Waals surface area contributed by atoms with Crippen LogP contribution in [-0.4, -0.2) is 14.9 Å². The Morgan fingerprint density at radius 2 is 2.14 bits per heavy atom. The summed E-state index contributed by atoms with van der Waals surface area (Å²) in [6, 6.07) is 5.22. The highest BCUT2D eigenvalue weighted by Crippen LogP contribution is 2.25. The second-order valence-electron chi connectivity index (χ2n) is 4.50. The van der Waals surface area contributed by atoms with Crippen molar-refractivity contribution in [3.63, 3.8) is 0 Å². The Bertz CT molecular complexity index is 654. The molecule has 0 aliphatic carbocycles. The number of thiocarbonyl (C=S) groups is 1. The fourth-order valence-corrected chi connectivity index (χ4v) is 2.55. The first-order chi connectivity index (χ1) is 10.0. The zero-order chi connectivity index (χ0) is 15.4. The van der Waals surface area contributed by atoms with E-state index in [0.29, 0.717) is 21.7 Å². The number of halogens is 2. The molecule has 2 aromatic rings. The first kappa shape index (κ1) is 16.1. The molecule has 21 heavy (non-hydrogen) atoms. The molecular weight excluding hydrogens is 327 g/mol. The molecule has 0 atom stereocenters. The smallest absolute Gasteiger partial charge is 0.171 e. The normalized spacial score (nSPS) is 10.5. The third-order valence-electron chi connectivity index (χ3n) is 3.12. The summed E-state index contributed by atoms with van der Waals surface area (Å²) in [5.74, 6) is 0. The fraction of sp³-hybridized carbons (Fsp3) is 0.286. The maximum Gasteiger partial charge on any atom is 0.171 e. The van der Waals surface area contributed by atoms with Crippen LogP contribution in [0.4, 0.5) is 5.69 Å². The number of anilines is 1. The SMILES string of the molecule is CCn1ncc(CNC(=S)Nc2ccc(Cl)cc2Cl)c1C. The molecule has 2 N–H and O–H groups in total. The molecule has 4 nitrogen and oxygen atoms in total. The van der Waals surface area contributed by atoms with Crippen LogP contribution in [0.15, 0.2) is 24.4 Å². The Hall–Kier alpha value is -1.30. The molecule has 0 aliphatic heterocycles. The molecule has 0 saturated heterocycles. The van der Waals surface area contributed by atoms with E-state index in [1.807, 2.05) is 17.8 Å². The molecule has 0 saturated carbocycles. The highest BCUT2D eigenvalue weighted by Gasteiger charge is 2.07. The van der Waals surface area contributed by atoms with Gasteiger partial charge in [0.2, 0.25) is 0 Å². The van der Waals surface area contributed by atoms with E-state index in [-0.39, 0.29) is 0 Å². The van der Waals surface area contributed by atoms with Gasteiger partial charge in [0.25, 0.3) is 0 Å². The standard InChI is InChI=1S/C14H16Cl2N4S/c1-3-20-9(2)10(8-18-20)7-17-14(21)19-13-5-4-11(15)6-12(13)16/h4-6,8H,3,7H2,1-2H3,(H2,17,19,21). The lowest BCUT2D eigenvalue weighted by molar-refractivity contribution is 0.638. The van der Waals surface area contributed by atoms with Gasteiger partial charge in [-0.2, -0.15) is 5.10 Å². The van der Waals surface area contributed by atoms with Gasteiger partial charge in [0.15, 0.2) is 5.11 Å². The van der Waals surface area contributed by atoms with Gasteiger partial charge in [0.05, 0.1) is 16.9 Å². The molecule has 1 aromatic carbocycles. The van der Waals surface area contributed by atoms with Gasteiger partial charge >= 0.3 is 0 Å². The number of benzene rings is 1. The number of nitrogens with one attached hydrogen (secondary N) is 2. The lowest BCUT2D eigenvalue weighted by Crippen LogP contribution is -2.28. The van der Waals surface area contributed by atoms with Gasteiger partial charge in [-0.15, -0.1) is 0 Å². The second kappa shape index (κ2) is 7.11. The van der Waals surface area contributed by atoms with E-state index < -0.39 is 0 Å². The van der Waals surface area contributed by atoms with Crippen LogP contribution in [0.5, 0.6) is 0 Å². The average Bonchev–Trinajstić information content (AvgIpc) is 2.80. The zero-order valence-corrected chi connectivity index (χ0v) is 14.1. The molecule has 0 amide bonds. The van der Waals surface area contributed by atoms with Crippen molar-refractivity contribution in [3.05, 3.63) is 45.7 Å². The molecule has 0 bridgehead atoms. The minimum Gasteiger partial charge on any atom is -0.358 e. The van der Waals surface area contributed by atoms with Gasteiger partial charge in [0.1, 0.15) is 0 Å². The van der Waals surface area contributed by atoms with Crippen molar-refractivity contribution in [3.8, 4) is 0 Å². The quantitative estimate of drug-likeness (QED) is 0.824. The van der Waals surface area contributed by atoms with Gasteiger partial charge in [0, 0.05) is 29.4 Å². The van der Waals surface area contributed by atoms with Crippen LogP contribution in [0.3, 0.4) is 0 Å². The van der Waals surface area contributed by atoms with Crippen LogP contribution in [0.25, 0.3) is 0 Å². The van der Waals surface area contributed by atoms with Crippen molar-refractivity contribution in [2.24, 2.45) is 0 Å². The fourth-order valence-electron chi connectivity index (χ4n) is 1.91. The van der Waals surface area contributed by atoms with E-state index in [9.17, 15) is 0 Å². The molecular formula is C14H16Cl2N4S. The van der Waals surface area contributed by atoms with E-state index >= 15 is 0 Å². The van der Waals surface area contributed by atoms with Crippen molar-refractivity contribution >= 4 is 46.2 Å². The Morgan fingerprint density at radius 3 is 2.76 bits per heavy atom. The Balaban J connectivity index is 1.94. The summed E-state index contributed by atoms with van der Waals surface area (Å²) in [6.07, 6.45) is 1.85. The maximum absolute atomic E-state index is 6.09. The van der Waals surface area contributed by atoms with Crippen LogP contribution >= 0.6 is 35.4 Å². The monoisotopic (exact) mass is 342 g/mol. The molecule has 0 spiro atoms. The minimum atomic E-state index is 0.503. The van der Waals surface area contributed by atoms with Gasteiger partial charge in [-0.05, 0) is 44.3 Å². The molecule has 0 fully saturated rings. The number of hydrogen-bond acceptors (Lipinski definition) is 2. The van der Waals surface area contributed by atoms with E-state index in [1.165, 1.54) is 0 Å². The molecule has 2 rings (SSSR count). The maximum atomic E-state index is 6.09. The summed E-state index contributed by atoms with van der Waals surface area (Å²) in [6.45, 7) is 5.57. The lowest BCUT2D eigenvalue weighted by atomic mass is 10.2. The van der Waals surface area contributed by atoms with Crippen molar-refractivity contribution < 1.29 is 0 Å². The summed E-state index contributed by atoms with van der Waals surface area (Å²) in [7, 11) is 0. The summed E-state index contributed by atoms with van der Waals surface area (Å²) in [4.78, 5) is 0. The van der Waals surface area contributed by atoms with E-state index in [0.717, 1.165) is 23.5 Å². The molecule has 1 heterocycles. The lowest BCUT2D eigenvalue weighted by Gasteiger charge is -2.12. The predicted octanol–water partition coefficient (Wildman–Crippen LogP) is 4.00. The molecule has 0 aliphatic rings. The minimum absolute atomic E-state index is 0.503. The van der Waals surface area contributed by atoms with Crippen LogP contribution in [-0.2, 0) is 13.1 Å². The van der Waals surface area contributed by atoms with Gasteiger partial charge in [-0.25, -0.2) is 0 Å². The first-order valence-electron chi connectivity index (χ1n) is 6.52. The topological polar surface area (TPSA) is 41.9 Å². The van der Waals surface area contributed by atoms with E-state index in [2.05, 4.69) is 22.7 Å². The molecule has 112 valence electrons. The Morgan fingerprint density at radius 1 is 1.38 bits per heavy atom. The molecule has 1 aromatic heterocycles. The number of aryl methyl sites for hydroxylation is 1. The molecule has 7 heteroatoms. The van der Waals surface area contributed by atoms with Crippen molar-refractivity contribution in [2.45, 2.75) is 26.9 Å². The number of nitrogens with zero attached hydrogens (tertiary/aromatic N) is 2. The zero-order valence-electron chi connectivity index (χ0n) is 11.8. The van der Waals surface area contributed by atoms with Crippen LogP contribution in [0, 0.1) is 6.92 Å². The average molecular weight is 343 g/mol. The van der Waals surface area contributed by atoms with Crippen molar-refractivity contribution in [1.29, 1.82) is 0 Å². The largest absolute Gasteiger partial charge is 0.358 e. The van der Waals surface area contributed by atoms with E-state index in [4.69, 9.17) is 35.4 Å². The molecule has 0 radical (unpaired) electrons. The highest BCUT2D eigenvalue weighted by molar-refractivity contribution is 7.80. The second-order valence-corrected chi connectivity index (χ2v) is 5.75. The van der Waals surface area contributed by atoms with Crippen molar-refractivity contribution in [2.75, 3.05) is 5.32 Å². The Labute approximate surface area is 139 Å².